The van der Waals surface area contributed by atoms with E-state index in [1.807, 2.05) is 4.90 Å². The molecule has 1 N–H and O–H groups in total. The Morgan fingerprint density at radius 2 is 1.90 bits per heavy atom. The molecule has 0 bridgehead atoms. The van der Waals surface area contributed by atoms with E-state index in [1.165, 1.54) is 0 Å². The van der Waals surface area contributed by atoms with Gasteiger partial charge in [-0.15, -0.1) is 0 Å². The molecule has 1 saturated carbocycles. The largest absolute Gasteiger partial charge is 0.342 e. The molecule has 2 aromatic heterocycles. The van der Waals surface area contributed by atoms with Crippen LogP contribution >= 0.6 is 0 Å². The van der Waals surface area contributed by atoms with Crippen LogP contribution in [-0.2, 0) is 4.79 Å². The number of hydrogen-bond donors (Lipinski definition) is 1. The third-order valence-corrected chi connectivity index (χ3v) is 4.36. The molecular formula is C14H17N5O. The Morgan fingerprint density at radius 1 is 1.15 bits per heavy atom. The van der Waals surface area contributed by atoms with Crippen LogP contribution in [0.4, 0.5) is 0 Å². The van der Waals surface area contributed by atoms with Gasteiger partial charge < -0.3 is 4.90 Å². The summed E-state index contributed by atoms with van der Waals surface area (Å²) in [4.78, 5) is 22.6. The summed E-state index contributed by atoms with van der Waals surface area (Å²) in [6, 6.07) is 0. The van der Waals surface area contributed by atoms with Crippen LogP contribution in [0, 0.1) is 5.92 Å². The zero-order valence-electron chi connectivity index (χ0n) is 11.2. The zero-order chi connectivity index (χ0) is 13.5. The summed E-state index contributed by atoms with van der Waals surface area (Å²) in [6.07, 6.45) is 7.48. The first kappa shape index (κ1) is 11.8. The lowest BCUT2D eigenvalue weighted by Gasteiger charge is -2.31. The Bertz CT molecular complexity index is 640. The van der Waals surface area contributed by atoms with Gasteiger partial charge >= 0.3 is 0 Å². The molecule has 0 atom stereocenters. The van der Waals surface area contributed by atoms with Crippen LogP contribution in [0.15, 0.2) is 12.4 Å². The molecule has 104 valence electrons. The van der Waals surface area contributed by atoms with Crippen molar-refractivity contribution in [1.29, 1.82) is 0 Å². The molecule has 2 aromatic rings. The summed E-state index contributed by atoms with van der Waals surface area (Å²) >= 11 is 0. The van der Waals surface area contributed by atoms with Crippen molar-refractivity contribution in [3.05, 3.63) is 18.1 Å². The van der Waals surface area contributed by atoms with Gasteiger partial charge in [-0.2, -0.15) is 5.10 Å². The minimum Gasteiger partial charge on any atom is -0.342 e. The van der Waals surface area contributed by atoms with Crippen molar-refractivity contribution in [1.82, 2.24) is 25.1 Å². The number of aromatic amines is 1. The molecule has 1 amide bonds. The van der Waals surface area contributed by atoms with Gasteiger partial charge in [-0.1, -0.05) is 0 Å². The van der Waals surface area contributed by atoms with E-state index in [1.54, 1.807) is 12.4 Å². The summed E-state index contributed by atoms with van der Waals surface area (Å²) in [6.45, 7) is 1.70. The van der Waals surface area contributed by atoms with Crippen molar-refractivity contribution in [2.45, 2.75) is 31.6 Å². The number of H-pyrrole nitrogens is 1. The van der Waals surface area contributed by atoms with Crippen molar-refractivity contribution >= 4 is 17.1 Å². The summed E-state index contributed by atoms with van der Waals surface area (Å²) in [7, 11) is 0. The average molecular weight is 271 g/mol. The van der Waals surface area contributed by atoms with Gasteiger partial charge in [-0.25, -0.2) is 9.97 Å². The maximum absolute atomic E-state index is 12.0. The molecule has 1 aliphatic heterocycles. The molecule has 0 aromatic carbocycles. The molecule has 0 spiro atoms. The first-order chi connectivity index (χ1) is 9.83. The molecule has 6 heteroatoms. The van der Waals surface area contributed by atoms with E-state index in [4.69, 9.17) is 0 Å². The first-order valence-electron chi connectivity index (χ1n) is 7.26. The van der Waals surface area contributed by atoms with Crippen LogP contribution in [0.25, 0.3) is 11.2 Å². The van der Waals surface area contributed by atoms with Crippen molar-refractivity contribution in [2.24, 2.45) is 5.92 Å². The Kier molecular flexibility index (Phi) is 2.68. The van der Waals surface area contributed by atoms with Gasteiger partial charge in [0, 0.05) is 37.3 Å². The van der Waals surface area contributed by atoms with E-state index in [-0.39, 0.29) is 0 Å². The number of amides is 1. The molecule has 3 heterocycles. The molecule has 1 saturated heterocycles. The van der Waals surface area contributed by atoms with Gasteiger partial charge in [0.05, 0.1) is 5.69 Å². The van der Waals surface area contributed by atoms with Crippen molar-refractivity contribution < 1.29 is 4.79 Å². The maximum Gasteiger partial charge on any atom is 0.225 e. The van der Waals surface area contributed by atoms with E-state index in [2.05, 4.69) is 20.2 Å². The monoisotopic (exact) mass is 271 g/mol. The van der Waals surface area contributed by atoms with E-state index in [0.717, 1.165) is 50.0 Å². The fraction of sp³-hybridized carbons (Fsp3) is 0.571. The predicted octanol–water partition coefficient (Wildman–Crippen LogP) is 1.47. The number of nitrogens with one attached hydrogen (secondary N) is 1. The average Bonchev–Trinajstić information content (AvgIpc) is 3.26. The number of piperidine rings is 1. The SMILES string of the molecule is O=C(C1CC1)N1CCC(c2[nH]nc3nccnc23)CC1. The van der Waals surface area contributed by atoms with Crippen LogP contribution < -0.4 is 0 Å². The van der Waals surface area contributed by atoms with Crippen LogP contribution in [0.2, 0.25) is 0 Å². The number of fused-ring (bicyclic) bond motifs is 1. The van der Waals surface area contributed by atoms with Gasteiger partial charge in [0.1, 0.15) is 5.52 Å². The van der Waals surface area contributed by atoms with E-state index < -0.39 is 0 Å². The Morgan fingerprint density at radius 3 is 2.65 bits per heavy atom. The third-order valence-electron chi connectivity index (χ3n) is 4.36. The molecule has 20 heavy (non-hydrogen) atoms. The highest BCUT2D eigenvalue weighted by Crippen LogP contribution is 2.34. The Hall–Kier alpha value is -1.98. The number of carbonyl (C=O) groups excluding carboxylic acids is 1. The number of hydrogen-bond acceptors (Lipinski definition) is 4. The van der Waals surface area contributed by atoms with E-state index in [0.29, 0.717) is 23.4 Å². The van der Waals surface area contributed by atoms with Crippen LogP contribution in [-0.4, -0.2) is 44.1 Å². The molecule has 1 aliphatic carbocycles. The second-order valence-corrected chi connectivity index (χ2v) is 5.74. The molecular weight excluding hydrogens is 254 g/mol. The molecule has 2 aliphatic rings. The molecule has 6 nitrogen and oxygen atoms in total. The molecule has 2 fully saturated rings. The van der Waals surface area contributed by atoms with Crippen molar-refractivity contribution in [3.8, 4) is 0 Å². The van der Waals surface area contributed by atoms with Gasteiger partial charge in [0.15, 0.2) is 5.65 Å². The second kappa shape index (κ2) is 4.54. The standard InChI is InChI=1S/C14H17N5O/c20-14(10-1-2-10)19-7-3-9(4-8-19)11-12-13(18-17-11)16-6-5-15-12/h5-6,9-10H,1-4,7-8H2,(H,16,17,18). The highest BCUT2D eigenvalue weighted by molar-refractivity contribution is 5.81. The highest BCUT2D eigenvalue weighted by atomic mass is 16.2. The minimum absolute atomic E-state index is 0.324. The number of aromatic nitrogens is 4. The Balaban J connectivity index is 1.50. The topological polar surface area (TPSA) is 74.8 Å². The van der Waals surface area contributed by atoms with Crippen LogP contribution in [0.3, 0.4) is 0 Å². The number of nitrogens with zero attached hydrogens (tertiary/aromatic N) is 4. The fourth-order valence-corrected chi connectivity index (χ4v) is 3.03. The van der Waals surface area contributed by atoms with Crippen LogP contribution in [0.5, 0.6) is 0 Å². The molecule has 0 unspecified atom stereocenters. The smallest absolute Gasteiger partial charge is 0.225 e. The fourth-order valence-electron chi connectivity index (χ4n) is 3.03. The quantitative estimate of drug-likeness (QED) is 0.897. The lowest BCUT2D eigenvalue weighted by atomic mass is 9.93. The summed E-state index contributed by atoms with van der Waals surface area (Å²) in [5.74, 6) is 1.09. The highest BCUT2D eigenvalue weighted by Gasteiger charge is 2.35. The molecule has 0 radical (unpaired) electrons. The van der Waals surface area contributed by atoms with Gasteiger partial charge in [0.2, 0.25) is 5.91 Å². The maximum atomic E-state index is 12.0. The predicted molar refractivity (Wildman–Crippen MR) is 73.0 cm³/mol. The number of carbonyl (C=O) groups is 1. The van der Waals surface area contributed by atoms with E-state index in [9.17, 15) is 4.79 Å². The lowest BCUT2D eigenvalue weighted by Crippen LogP contribution is -2.38. The van der Waals surface area contributed by atoms with Crippen molar-refractivity contribution in [2.75, 3.05) is 13.1 Å². The zero-order valence-corrected chi connectivity index (χ0v) is 11.2. The number of rotatable bonds is 2. The summed E-state index contributed by atoms with van der Waals surface area (Å²) in [5, 5.41) is 7.29. The third kappa shape index (κ3) is 1.95. The normalized spacial score (nSPS) is 20.5. The van der Waals surface area contributed by atoms with Gasteiger partial charge in [-0.3, -0.25) is 9.89 Å². The first-order valence-corrected chi connectivity index (χ1v) is 7.26. The minimum atomic E-state index is 0.324. The van der Waals surface area contributed by atoms with Crippen LogP contribution in [0.1, 0.15) is 37.3 Å². The van der Waals surface area contributed by atoms with Gasteiger partial charge in [0.25, 0.3) is 0 Å². The Labute approximate surface area is 116 Å². The molecule has 4 rings (SSSR count). The lowest BCUT2D eigenvalue weighted by molar-refractivity contribution is -0.133. The van der Waals surface area contributed by atoms with Crippen molar-refractivity contribution in [3.63, 3.8) is 0 Å². The summed E-state index contributed by atoms with van der Waals surface area (Å²) in [5.41, 5.74) is 2.63. The second-order valence-electron chi connectivity index (χ2n) is 5.74. The van der Waals surface area contributed by atoms with Gasteiger partial charge in [-0.05, 0) is 25.7 Å². The number of likely N-dealkylation sites (tertiary alicyclic amines) is 1. The van der Waals surface area contributed by atoms with E-state index >= 15 is 0 Å². The summed E-state index contributed by atoms with van der Waals surface area (Å²) < 4.78 is 0.